The van der Waals surface area contributed by atoms with Crippen LogP contribution in [0.2, 0.25) is 0 Å². The third-order valence-corrected chi connectivity index (χ3v) is 7.00. The number of sulfonamides is 1. The summed E-state index contributed by atoms with van der Waals surface area (Å²) < 4.78 is 66.3. The zero-order chi connectivity index (χ0) is 22.4. The topological polar surface area (TPSA) is 102 Å². The summed E-state index contributed by atoms with van der Waals surface area (Å²) in [6.45, 7) is 0. The molecule has 2 N–H and O–H groups in total. The highest BCUT2D eigenvalue weighted by Crippen LogP contribution is 2.36. The highest BCUT2D eigenvalue weighted by Gasteiger charge is 2.37. The van der Waals surface area contributed by atoms with Crippen LogP contribution in [-0.2, 0) is 16.2 Å². The van der Waals surface area contributed by atoms with Gasteiger partial charge in [0.05, 0.1) is 21.7 Å². The minimum atomic E-state index is -4.62. The minimum absolute atomic E-state index is 0.0400. The standard InChI is InChI=1S/C20H18F3N5O2S/c1-28(18-12(10-24)11-26-19-17(18)5-6-25-19)15-8-14(9-15)27-31(29,30)16-4-2-3-13(7-16)20(21,22)23/h2-7,11,14-15,27H,8-9H2,1H3,(H,25,26)/t14-,15+. The third-order valence-electron chi connectivity index (χ3n) is 5.49. The molecule has 1 saturated carbocycles. The molecule has 11 heteroatoms. The fourth-order valence-electron chi connectivity index (χ4n) is 3.77. The van der Waals surface area contributed by atoms with Crippen molar-refractivity contribution in [1.82, 2.24) is 14.7 Å². The molecule has 0 aliphatic heterocycles. The molecule has 2 aromatic heterocycles. The summed E-state index contributed by atoms with van der Waals surface area (Å²) >= 11 is 0. The maximum absolute atomic E-state index is 12.9. The number of anilines is 1. The summed E-state index contributed by atoms with van der Waals surface area (Å²) in [5.41, 5.74) is 0.737. The molecule has 0 saturated heterocycles. The van der Waals surface area contributed by atoms with Crippen LogP contribution in [-0.4, -0.2) is 37.5 Å². The van der Waals surface area contributed by atoms with Crippen LogP contribution in [0.1, 0.15) is 24.0 Å². The van der Waals surface area contributed by atoms with E-state index in [1.807, 2.05) is 18.0 Å². The fraction of sp³-hybridized carbons (Fsp3) is 0.300. The van der Waals surface area contributed by atoms with Gasteiger partial charge in [-0.25, -0.2) is 18.1 Å². The molecular formula is C20H18F3N5O2S. The van der Waals surface area contributed by atoms with Gasteiger partial charge in [-0.2, -0.15) is 18.4 Å². The van der Waals surface area contributed by atoms with E-state index in [0.29, 0.717) is 35.8 Å². The van der Waals surface area contributed by atoms with E-state index in [0.717, 1.165) is 23.6 Å². The molecule has 0 atom stereocenters. The summed E-state index contributed by atoms with van der Waals surface area (Å²) in [6.07, 6.45) is -0.510. The number of benzene rings is 1. The van der Waals surface area contributed by atoms with E-state index in [4.69, 9.17) is 0 Å². The van der Waals surface area contributed by atoms with Crippen molar-refractivity contribution >= 4 is 26.7 Å². The molecule has 1 fully saturated rings. The van der Waals surface area contributed by atoms with Crippen LogP contribution in [0.5, 0.6) is 0 Å². The fourth-order valence-corrected chi connectivity index (χ4v) is 5.07. The smallest absolute Gasteiger partial charge is 0.370 e. The molecule has 0 spiro atoms. The van der Waals surface area contributed by atoms with Crippen LogP contribution in [0.4, 0.5) is 18.9 Å². The zero-order valence-corrected chi connectivity index (χ0v) is 17.1. The number of nitrogens with one attached hydrogen (secondary N) is 2. The number of hydrogen-bond acceptors (Lipinski definition) is 5. The molecular weight excluding hydrogens is 431 g/mol. The molecule has 0 bridgehead atoms. The highest BCUT2D eigenvalue weighted by atomic mass is 32.2. The van der Waals surface area contributed by atoms with Gasteiger partial charge in [0.15, 0.2) is 0 Å². The van der Waals surface area contributed by atoms with Crippen molar-refractivity contribution < 1.29 is 21.6 Å². The van der Waals surface area contributed by atoms with Crippen molar-refractivity contribution in [3.8, 4) is 6.07 Å². The number of nitrogens with zero attached hydrogens (tertiary/aromatic N) is 3. The average Bonchev–Trinajstić information content (AvgIpc) is 3.17. The Kier molecular flexibility index (Phi) is 5.15. The summed E-state index contributed by atoms with van der Waals surface area (Å²) in [4.78, 5) is 8.70. The number of aromatic nitrogens is 2. The Balaban J connectivity index is 1.48. The maximum Gasteiger partial charge on any atom is 0.416 e. The molecule has 1 aromatic carbocycles. The Labute approximate surface area is 176 Å². The number of hydrogen-bond donors (Lipinski definition) is 2. The number of nitriles is 1. The summed E-state index contributed by atoms with van der Waals surface area (Å²) in [6, 6.07) is 7.16. The lowest BCUT2D eigenvalue weighted by molar-refractivity contribution is -0.137. The molecule has 162 valence electrons. The first-order chi connectivity index (χ1) is 14.6. The first kappa shape index (κ1) is 21.1. The number of fused-ring (bicyclic) bond motifs is 1. The number of aromatic amines is 1. The van der Waals surface area contributed by atoms with Gasteiger partial charge < -0.3 is 9.88 Å². The molecule has 4 rings (SSSR count). The van der Waals surface area contributed by atoms with Gasteiger partial charge in [-0.05, 0) is 37.1 Å². The lowest BCUT2D eigenvalue weighted by Gasteiger charge is -2.42. The van der Waals surface area contributed by atoms with Gasteiger partial charge >= 0.3 is 6.18 Å². The molecule has 1 aliphatic carbocycles. The van der Waals surface area contributed by atoms with E-state index in [9.17, 15) is 26.9 Å². The van der Waals surface area contributed by atoms with Crippen LogP contribution in [0.25, 0.3) is 11.0 Å². The van der Waals surface area contributed by atoms with Gasteiger partial charge in [-0.15, -0.1) is 0 Å². The number of rotatable bonds is 5. The van der Waals surface area contributed by atoms with E-state index >= 15 is 0 Å². The van der Waals surface area contributed by atoms with Crippen LogP contribution < -0.4 is 9.62 Å². The summed E-state index contributed by atoms with van der Waals surface area (Å²) in [5.74, 6) is 0. The van der Waals surface area contributed by atoms with Gasteiger partial charge in [0.25, 0.3) is 0 Å². The molecule has 7 nitrogen and oxygen atoms in total. The Hall–Kier alpha value is -3.10. The molecule has 31 heavy (non-hydrogen) atoms. The molecule has 2 heterocycles. The lowest BCUT2D eigenvalue weighted by Crippen LogP contribution is -2.53. The normalized spacial score (nSPS) is 19.1. The van der Waals surface area contributed by atoms with Crippen molar-refractivity contribution in [3.05, 3.63) is 53.9 Å². The quantitative estimate of drug-likeness (QED) is 0.622. The van der Waals surface area contributed by atoms with Crippen molar-refractivity contribution in [2.24, 2.45) is 0 Å². The highest BCUT2D eigenvalue weighted by molar-refractivity contribution is 7.89. The first-order valence-corrected chi connectivity index (χ1v) is 10.9. The first-order valence-electron chi connectivity index (χ1n) is 9.39. The molecule has 3 aromatic rings. The Morgan fingerprint density at radius 2 is 2.03 bits per heavy atom. The maximum atomic E-state index is 12.9. The second-order valence-corrected chi connectivity index (χ2v) is 9.17. The van der Waals surface area contributed by atoms with Crippen molar-refractivity contribution in [3.63, 3.8) is 0 Å². The minimum Gasteiger partial charge on any atom is -0.370 e. The summed E-state index contributed by atoms with van der Waals surface area (Å²) in [5, 5.41) is 10.2. The van der Waals surface area contributed by atoms with Crippen LogP contribution in [0.3, 0.4) is 0 Å². The SMILES string of the molecule is CN(c1c(C#N)cnc2[nH]ccc12)[C@H]1C[C@@H](NS(=O)(=O)c2cccc(C(F)(F)F)c2)C1. The number of halogens is 3. The Bertz CT molecular complexity index is 1270. The van der Waals surface area contributed by atoms with Crippen molar-refractivity contribution in [2.75, 3.05) is 11.9 Å². The lowest BCUT2D eigenvalue weighted by atomic mass is 9.86. The largest absolute Gasteiger partial charge is 0.416 e. The second-order valence-electron chi connectivity index (χ2n) is 7.45. The zero-order valence-electron chi connectivity index (χ0n) is 16.3. The van der Waals surface area contributed by atoms with E-state index in [2.05, 4.69) is 20.8 Å². The van der Waals surface area contributed by atoms with E-state index in [1.165, 1.54) is 6.20 Å². The molecule has 0 radical (unpaired) electrons. The Morgan fingerprint density at radius 3 is 2.71 bits per heavy atom. The van der Waals surface area contributed by atoms with Gasteiger partial charge in [-0.1, -0.05) is 6.07 Å². The number of H-pyrrole nitrogens is 1. The van der Waals surface area contributed by atoms with E-state index in [-0.39, 0.29) is 6.04 Å². The number of alkyl halides is 3. The van der Waals surface area contributed by atoms with Crippen LogP contribution >= 0.6 is 0 Å². The summed E-state index contributed by atoms with van der Waals surface area (Å²) in [7, 11) is -2.27. The molecule has 1 aliphatic rings. The van der Waals surface area contributed by atoms with E-state index < -0.39 is 32.7 Å². The van der Waals surface area contributed by atoms with Gasteiger partial charge in [0, 0.05) is 36.9 Å². The predicted molar refractivity (Wildman–Crippen MR) is 108 cm³/mol. The molecule has 0 amide bonds. The average molecular weight is 449 g/mol. The second kappa shape index (κ2) is 7.55. The van der Waals surface area contributed by atoms with Crippen LogP contribution in [0.15, 0.2) is 47.6 Å². The van der Waals surface area contributed by atoms with Crippen molar-refractivity contribution in [2.45, 2.75) is 36.0 Å². The number of pyridine rings is 1. The van der Waals surface area contributed by atoms with E-state index in [1.54, 1.807) is 6.20 Å². The monoisotopic (exact) mass is 449 g/mol. The van der Waals surface area contributed by atoms with Gasteiger partial charge in [0.2, 0.25) is 10.0 Å². The predicted octanol–water partition coefficient (Wildman–Crippen LogP) is 3.40. The third kappa shape index (κ3) is 3.96. The molecule has 0 unspecified atom stereocenters. The van der Waals surface area contributed by atoms with Gasteiger partial charge in [-0.3, -0.25) is 0 Å². The van der Waals surface area contributed by atoms with Crippen molar-refractivity contribution in [1.29, 1.82) is 5.26 Å². The van der Waals surface area contributed by atoms with Crippen LogP contribution in [0, 0.1) is 11.3 Å². The van der Waals surface area contributed by atoms with Gasteiger partial charge in [0.1, 0.15) is 11.7 Å². The Morgan fingerprint density at radius 1 is 1.29 bits per heavy atom.